The number of hydrogen-bond acceptors (Lipinski definition) is 15. The number of fused-ring (bicyclic) bond motifs is 5. The van der Waals surface area contributed by atoms with Crippen molar-refractivity contribution >= 4 is 54.0 Å². The van der Waals surface area contributed by atoms with E-state index in [2.05, 4.69) is 71.1 Å². The molecule has 21 nitrogen and oxygen atoms in total. The van der Waals surface area contributed by atoms with Gasteiger partial charge in [-0.2, -0.15) is 12.6 Å². The Morgan fingerprint density at radius 3 is 1.63 bits per heavy atom. The Labute approximate surface area is 374 Å². The smallest absolute Gasteiger partial charge is 0.303 e. The number of amides is 6. The highest BCUT2D eigenvalue weighted by Crippen LogP contribution is 2.22. The molecule has 2 bridgehead atoms. The number of aliphatic carboxylic acids is 1. The summed E-state index contributed by atoms with van der Waals surface area (Å²) >= 11 is 4.03. The van der Waals surface area contributed by atoms with Gasteiger partial charge in [0.15, 0.2) is 0 Å². The van der Waals surface area contributed by atoms with Crippen LogP contribution in [0, 0.1) is 0 Å². The number of benzene rings is 1. The summed E-state index contributed by atoms with van der Waals surface area (Å²) in [6, 6.07) is 4.59. The predicted octanol–water partition coefficient (Wildman–Crippen LogP) is -2.83. The van der Waals surface area contributed by atoms with Crippen LogP contribution in [0.1, 0.15) is 82.6 Å². The molecule has 2 heterocycles. The third kappa shape index (κ3) is 20.2. The fourth-order valence-electron chi connectivity index (χ4n) is 7.29. The molecule has 1 aromatic carbocycles. The zero-order chi connectivity index (χ0) is 46.1. The molecule has 2 aliphatic heterocycles. The molecule has 1 unspecified atom stereocenters. The fourth-order valence-corrected chi connectivity index (χ4v) is 7.56. The molecule has 2 aliphatic rings. The summed E-state index contributed by atoms with van der Waals surface area (Å²) < 4.78 is 0. The number of hydrogen-bond donors (Lipinski definition) is 15. The highest BCUT2D eigenvalue weighted by Gasteiger charge is 2.35. The van der Waals surface area contributed by atoms with Gasteiger partial charge in [0.25, 0.3) is 0 Å². The van der Waals surface area contributed by atoms with E-state index in [0.717, 1.165) is 5.56 Å². The molecule has 15 N–H and O–H groups in total. The number of phenols is 1. The summed E-state index contributed by atoms with van der Waals surface area (Å²) in [5.41, 5.74) is 4.21. The average molecular weight is 907 g/mol. The van der Waals surface area contributed by atoms with Crippen molar-refractivity contribution in [1.82, 2.24) is 58.5 Å². The second-order valence-corrected chi connectivity index (χ2v) is 16.5. The lowest BCUT2D eigenvalue weighted by Gasteiger charge is -2.41. The van der Waals surface area contributed by atoms with E-state index in [0.29, 0.717) is 91.3 Å². The number of aromatic hydroxyl groups is 1. The quantitative estimate of drug-likeness (QED) is 0.0389. The fraction of sp³-hybridized carbons (Fsp3) is 0.683. The lowest BCUT2D eigenvalue weighted by atomic mass is 9.92. The molecule has 2 saturated heterocycles. The lowest BCUT2D eigenvalue weighted by Crippen LogP contribution is -2.73. The standard InChI is InChI=1S/C41H70N12O9S/c1-28(29-12-14-30(54)15-13-29)37(39(62)47-16-4-2-3-7-32(55)50-31(23-63)38(42)61)51-33(56)8-5-9-34(57)52-40-24-43-17-19-45-26-41(49-22-21-48-40,27-46-20-18-44-25-40)53-35(58)10-6-11-36(59)60/h12-15,28,31,37,43-46,48-49,54,63H,2-11,16-27H2,1H3,(H2,42,61)(H,47,62)(H,50,55)(H,51,56)(H,52,57)(H,53,58)(H,59,60)/t28-,31-,37?,40?,41?/m0/s1. The first-order chi connectivity index (χ1) is 30.2. The van der Waals surface area contributed by atoms with Crippen LogP contribution in [0.5, 0.6) is 5.75 Å². The molecular formula is C41H70N12O9S. The molecule has 63 heavy (non-hydrogen) atoms. The monoisotopic (exact) mass is 907 g/mol. The number of nitrogens with one attached hydrogen (secondary N) is 11. The average Bonchev–Trinajstić information content (AvgIpc) is 3.23. The number of nitrogens with two attached hydrogens (primary N) is 1. The molecule has 22 heteroatoms. The zero-order valence-electron chi connectivity index (χ0n) is 36.4. The molecular weight excluding hydrogens is 837 g/mol. The molecule has 6 amide bonds. The van der Waals surface area contributed by atoms with Crippen molar-refractivity contribution < 1.29 is 43.8 Å². The van der Waals surface area contributed by atoms with E-state index in [1.54, 1.807) is 19.1 Å². The molecule has 0 spiro atoms. The predicted molar refractivity (Wildman–Crippen MR) is 239 cm³/mol. The van der Waals surface area contributed by atoms with Crippen LogP contribution >= 0.6 is 12.6 Å². The maximum Gasteiger partial charge on any atom is 0.303 e. The Bertz CT molecular complexity index is 1620. The van der Waals surface area contributed by atoms with Crippen molar-refractivity contribution in [3.8, 4) is 5.75 Å². The minimum atomic E-state index is -0.956. The van der Waals surface area contributed by atoms with Gasteiger partial charge >= 0.3 is 5.97 Å². The molecule has 0 saturated carbocycles. The second kappa shape index (κ2) is 28.3. The van der Waals surface area contributed by atoms with Crippen molar-refractivity contribution in [3.63, 3.8) is 0 Å². The minimum Gasteiger partial charge on any atom is -0.508 e. The third-order valence-corrected chi connectivity index (χ3v) is 11.2. The van der Waals surface area contributed by atoms with Gasteiger partial charge in [-0.15, -0.1) is 0 Å². The largest absolute Gasteiger partial charge is 0.508 e. The van der Waals surface area contributed by atoms with Crippen LogP contribution < -0.4 is 64.2 Å². The van der Waals surface area contributed by atoms with E-state index in [4.69, 9.17) is 10.8 Å². The van der Waals surface area contributed by atoms with Gasteiger partial charge in [0, 0.05) is 116 Å². The van der Waals surface area contributed by atoms with E-state index in [-0.39, 0.29) is 74.2 Å². The third-order valence-electron chi connectivity index (χ3n) is 10.8. The number of carboxylic acids is 1. The van der Waals surface area contributed by atoms with E-state index < -0.39 is 53.0 Å². The van der Waals surface area contributed by atoms with Crippen LogP contribution in [0.25, 0.3) is 0 Å². The van der Waals surface area contributed by atoms with Crippen LogP contribution in [0.3, 0.4) is 0 Å². The van der Waals surface area contributed by atoms with Crippen molar-refractivity contribution in [2.24, 2.45) is 5.73 Å². The van der Waals surface area contributed by atoms with E-state index in [9.17, 15) is 38.7 Å². The molecule has 3 atom stereocenters. The van der Waals surface area contributed by atoms with Gasteiger partial charge in [0.1, 0.15) is 29.2 Å². The van der Waals surface area contributed by atoms with Crippen LogP contribution in [-0.4, -0.2) is 153 Å². The maximum absolute atomic E-state index is 13.5. The highest BCUT2D eigenvalue weighted by molar-refractivity contribution is 7.80. The van der Waals surface area contributed by atoms with E-state index >= 15 is 0 Å². The van der Waals surface area contributed by atoms with Gasteiger partial charge in [0.05, 0.1) is 0 Å². The minimum absolute atomic E-state index is 0.0201. The van der Waals surface area contributed by atoms with Crippen molar-refractivity contribution in [2.45, 2.75) is 100 Å². The van der Waals surface area contributed by atoms with Crippen LogP contribution in [-0.2, 0) is 33.6 Å². The van der Waals surface area contributed by atoms with E-state index in [1.807, 2.05) is 0 Å². The molecule has 1 aromatic rings. The number of carbonyl (C=O) groups excluding carboxylic acids is 6. The number of carboxylic acid groups (broad SMARTS) is 1. The van der Waals surface area contributed by atoms with Gasteiger partial charge in [-0.3, -0.25) is 44.2 Å². The number of primary amides is 1. The first-order valence-corrected chi connectivity index (χ1v) is 22.5. The first kappa shape index (κ1) is 52.8. The zero-order valence-corrected chi connectivity index (χ0v) is 37.3. The Hall–Kier alpha value is -4.58. The van der Waals surface area contributed by atoms with Crippen molar-refractivity contribution in [2.75, 3.05) is 77.7 Å². The first-order valence-electron chi connectivity index (χ1n) is 21.9. The Kier molecular flexibility index (Phi) is 23.7. The van der Waals surface area contributed by atoms with Gasteiger partial charge in [0.2, 0.25) is 35.4 Å². The molecule has 0 aliphatic carbocycles. The number of rotatable bonds is 23. The number of thiol groups is 1. The maximum atomic E-state index is 13.5. The Morgan fingerprint density at radius 1 is 0.667 bits per heavy atom. The van der Waals surface area contributed by atoms with Crippen LogP contribution in [0.4, 0.5) is 0 Å². The summed E-state index contributed by atoms with van der Waals surface area (Å²) in [6.45, 7) is 6.79. The highest BCUT2D eigenvalue weighted by atomic mass is 32.1. The SMILES string of the molecule is C[C@@H](c1ccc(O)cc1)C(NC(=O)CCCC(=O)NC12CNCCNCC(NC(=O)CCCC(=O)O)(CNCCNC1)NCCN2)C(=O)NCCCCCC(=O)N[C@@H](CS)C(N)=O. The summed E-state index contributed by atoms with van der Waals surface area (Å²) in [4.78, 5) is 87.9. The Morgan fingerprint density at radius 2 is 1.14 bits per heavy atom. The summed E-state index contributed by atoms with van der Waals surface area (Å²) in [5, 5.41) is 54.0. The molecule has 354 valence electrons. The summed E-state index contributed by atoms with van der Waals surface area (Å²) in [7, 11) is 0. The Balaban J connectivity index is 1.57. The van der Waals surface area contributed by atoms with E-state index in [1.165, 1.54) is 12.1 Å². The molecule has 0 radical (unpaired) electrons. The number of unbranched alkanes of at least 4 members (excludes halogenated alkanes) is 2. The van der Waals surface area contributed by atoms with Gasteiger partial charge < -0.3 is 63.8 Å². The molecule has 3 rings (SSSR count). The molecule has 0 aromatic heterocycles. The van der Waals surface area contributed by atoms with Gasteiger partial charge in [-0.1, -0.05) is 25.5 Å². The summed E-state index contributed by atoms with van der Waals surface area (Å²) in [6.07, 6.45) is 2.33. The van der Waals surface area contributed by atoms with Crippen molar-refractivity contribution in [3.05, 3.63) is 29.8 Å². The van der Waals surface area contributed by atoms with Crippen LogP contribution in [0.15, 0.2) is 24.3 Å². The van der Waals surface area contributed by atoms with Crippen LogP contribution in [0.2, 0.25) is 0 Å². The topological polar surface area (TPSA) is 318 Å². The second-order valence-electron chi connectivity index (χ2n) is 16.2. The number of phenolic OH excluding ortho intramolecular Hbond substituents is 1. The van der Waals surface area contributed by atoms with Crippen molar-refractivity contribution in [1.29, 1.82) is 0 Å². The summed E-state index contributed by atoms with van der Waals surface area (Å²) in [5.74, 6) is -3.57. The number of carbonyl (C=O) groups is 7. The molecule has 2 fully saturated rings. The lowest BCUT2D eigenvalue weighted by molar-refractivity contribution is -0.137. The van der Waals surface area contributed by atoms with Gasteiger partial charge in [-0.25, -0.2) is 0 Å². The van der Waals surface area contributed by atoms with Gasteiger partial charge in [-0.05, 0) is 43.4 Å². The normalized spacial score (nSPS) is 21.2.